The molecule has 0 saturated carbocycles. The van der Waals surface area contributed by atoms with Crippen molar-refractivity contribution in [1.82, 2.24) is 4.90 Å². The lowest BCUT2D eigenvalue weighted by Crippen LogP contribution is -2.61. The Morgan fingerprint density at radius 2 is 1.56 bits per heavy atom. The Bertz CT molecular complexity index is 1150. The first-order valence-electron chi connectivity index (χ1n) is 18.0. The van der Waals surface area contributed by atoms with E-state index in [1.165, 1.54) is 0 Å². The average molecular weight is 682 g/mol. The maximum Gasteiger partial charge on any atom is 0.319 e. The summed E-state index contributed by atoms with van der Waals surface area (Å²) >= 11 is 0. The average Bonchev–Trinajstić information content (AvgIpc) is 3.01. The van der Waals surface area contributed by atoms with Crippen molar-refractivity contribution in [3.05, 3.63) is 11.1 Å². The molecule has 2 fully saturated rings. The zero-order chi connectivity index (χ0) is 36.5. The van der Waals surface area contributed by atoms with E-state index < -0.39 is 59.2 Å². The van der Waals surface area contributed by atoms with Crippen molar-refractivity contribution in [2.24, 2.45) is 29.1 Å². The summed E-state index contributed by atoms with van der Waals surface area (Å²) in [6, 6.07) is 0.0213. The SMILES string of the molecule is CC[C@H]1OC(=O)C(C)(C)C(=O)[C@H](C)[C@@H](O[C@@H]2O[C@H](C)C[C@H](N(C)C)[C@H]2OC)[C@]2(C)C[C@@H](C)C(C)[C@H](C)[C@@H](OC/C(C)=C(\C)CO2)[C@]1(C)O. The van der Waals surface area contributed by atoms with Crippen molar-refractivity contribution in [1.29, 1.82) is 0 Å². The predicted molar refractivity (Wildman–Crippen MR) is 185 cm³/mol. The van der Waals surface area contributed by atoms with Crippen LogP contribution in [0.2, 0.25) is 0 Å². The molecule has 3 heterocycles. The summed E-state index contributed by atoms with van der Waals surface area (Å²) < 4.78 is 39.1. The highest BCUT2D eigenvalue weighted by Gasteiger charge is 2.55. The highest BCUT2D eigenvalue weighted by Crippen LogP contribution is 2.43. The van der Waals surface area contributed by atoms with Gasteiger partial charge in [-0.15, -0.1) is 0 Å². The number of rotatable bonds is 5. The third kappa shape index (κ3) is 8.38. The number of likely N-dealkylation sites (N-methyl/N-ethyl adjacent to an activating group) is 1. The Balaban J connectivity index is 2.30. The minimum Gasteiger partial charge on any atom is -0.458 e. The van der Waals surface area contributed by atoms with Crippen LogP contribution in [0.3, 0.4) is 0 Å². The molecule has 1 N–H and O–H groups in total. The number of hydrogen-bond acceptors (Lipinski definition) is 10. The lowest BCUT2D eigenvalue weighted by Gasteiger charge is -2.50. The van der Waals surface area contributed by atoms with Crippen LogP contribution in [0.15, 0.2) is 11.1 Å². The first-order chi connectivity index (χ1) is 22.1. The van der Waals surface area contributed by atoms with E-state index in [9.17, 15) is 14.7 Å². The van der Waals surface area contributed by atoms with Crippen LogP contribution in [0.25, 0.3) is 0 Å². The minimum atomic E-state index is -1.55. The zero-order valence-corrected chi connectivity index (χ0v) is 32.5. The van der Waals surface area contributed by atoms with Gasteiger partial charge < -0.3 is 38.4 Å². The highest BCUT2D eigenvalue weighted by molar-refractivity contribution is 6.04. The van der Waals surface area contributed by atoms with Gasteiger partial charge in [-0.25, -0.2) is 0 Å². The maximum atomic E-state index is 14.6. The molecule has 2 saturated heterocycles. The van der Waals surface area contributed by atoms with Gasteiger partial charge in [-0.3, -0.25) is 9.59 Å². The van der Waals surface area contributed by atoms with E-state index in [-0.39, 0.29) is 42.3 Å². The Labute approximate surface area is 290 Å². The molecule has 0 spiro atoms. The van der Waals surface area contributed by atoms with Gasteiger partial charge >= 0.3 is 5.97 Å². The normalized spacial score (nSPS) is 45.5. The molecule has 0 radical (unpaired) electrons. The fourth-order valence-electron chi connectivity index (χ4n) is 8.18. The number of carbonyl (C=O) groups excluding carboxylic acids is 2. The third-order valence-electron chi connectivity index (χ3n) is 12.0. The number of fused-ring (bicyclic) bond motifs is 5. The smallest absolute Gasteiger partial charge is 0.319 e. The second-order valence-electron chi connectivity index (χ2n) is 16.4. The van der Waals surface area contributed by atoms with Gasteiger partial charge in [0.05, 0.1) is 37.1 Å². The number of cyclic esters (lactones) is 1. The molecule has 3 aliphatic rings. The van der Waals surface area contributed by atoms with Crippen molar-refractivity contribution in [3.8, 4) is 0 Å². The number of ether oxygens (including phenoxy) is 6. The van der Waals surface area contributed by atoms with Gasteiger partial charge in [0.25, 0.3) is 0 Å². The zero-order valence-electron chi connectivity index (χ0n) is 32.5. The van der Waals surface area contributed by atoms with Gasteiger partial charge in [0, 0.05) is 19.1 Å². The van der Waals surface area contributed by atoms with Crippen molar-refractivity contribution in [2.45, 2.75) is 156 Å². The van der Waals surface area contributed by atoms with Crippen molar-refractivity contribution < 1.29 is 43.1 Å². The monoisotopic (exact) mass is 681 g/mol. The number of hydrogen-bond donors (Lipinski definition) is 1. The lowest BCUT2D eigenvalue weighted by molar-refractivity contribution is -0.301. The molecule has 48 heavy (non-hydrogen) atoms. The molecule has 0 aliphatic carbocycles. The van der Waals surface area contributed by atoms with Crippen LogP contribution in [-0.2, 0) is 38.0 Å². The van der Waals surface area contributed by atoms with Gasteiger partial charge in [-0.1, -0.05) is 34.6 Å². The fourth-order valence-corrected chi connectivity index (χ4v) is 8.18. The standard InChI is InChI=1S/C38H67NO9/c1-16-29-38(12,42)33-26(7)25(6)21(2)18-37(11,45-20-23(4)22(3)19-44-33)32(27(8)31(40)36(9,10)35(41)47-29)48-34-30(43-15)28(39(13)14)17-24(5)46-34/h21,24-30,32-34,42H,16-20H2,1-15H3/b23-22+/t21-,24-,25?,26+,27+,28+,29-,30-,32-,33-,34+,37+,38-/m1/s1. The van der Waals surface area contributed by atoms with Gasteiger partial charge in [0.1, 0.15) is 23.2 Å². The van der Waals surface area contributed by atoms with E-state index in [0.717, 1.165) is 17.6 Å². The second-order valence-corrected chi connectivity index (χ2v) is 16.4. The number of ketones is 1. The summed E-state index contributed by atoms with van der Waals surface area (Å²) in [5.74, 6) is -1.85. The van der Waals surface area contributed by atoms with Crippen molar-refractivity contribution in [3.63, 3.8) is 0 Å². The second kappa shape index (κ2) is 15.9. The highest BCUT2D eigenvalue weighted by atomic mass is 16.7. The van der Waals surface area contributed by atoms with Crippen LogP contribution in [0.1, 0.15) is 102 Å². The molecule has 278 valence electrons. The number of aliphatic hydroxyl groups is 1. The quantitative estimate of drug-likeness (QED) is 0.224. The number of carbonyl (C=O) groups is 2. The first kappa shape index (κ1) is 41.0. The number of esters is 1. The number of nitrogens with zero attached hydrogens (tertiary/aromatic N) is 1. The topological polar surface area (TPSA) is 113 Å². The van der Waals surface area contributed by atoms with Gasteiger partial charge in [0.2, 0.25) is 0 Å². The molecule has 3 rings (SSSR count). The van der Waals surface area contributed by atoms with Crippen molar-refractivity contribution in [2.75, 3.05) is 34.4 Å². The molecule has 1 unspecified atom stereocenters. The Morgan fingerprint density at radius 3 is 2.12 bits per heavy atom. The fraction of sp³-hybridized carbons (Fsp3) is 0.895. The molecule has 0 aromatic rings. The molecular formula is C38H67NO9. The predicted octanol–water partition coefficient (Wildman–Crippen LogP) is 5.58. The molecule has 10 nitrogen and oxygen atoms in total. The molecule has 0 amide bonds. The minimum absolute atomic E-state index is 0.0213. The molecular weight excluding hydrogens is 614 g/mol. The van der Waals surface area contributed by atoms with Gasteiger partial charge in [-0.2, -0.15) is 0 Å². The van der Waals surface area contributed by atoms with E-state index >= 15 is 0 Å². The maximum absolute atomic E-state index is 14.6. The van der Waals surface area contributed by atoms with E-state index in [1.54, 1.807) is 27.9 Å². The Hall–Kier alpha value is -1.40. The summed E-state index contributed by atoms with van der Waals surface area (Å²) in [5.41, 5.74) is -2.07. The summed E-state index contributed by atoms with van der Waals surface area (Å²) in [5, 5.41) is 12.2. The van der Waals surface area contributed by atoms with Crippen LogP contribution in [0, 0.1) is 29.1 Å². The Morgan fingerprint density at radius 1 is 0.958 bits per heavy atom. The van der Waals surface area contributed by atoms with Crippen LogP contribution >= 0.6 is 0 Å². The molecule has 0 aromatic heterocycles. The van der Waals surface area contributed by atoms with E-state index in [0.29, 0.717) is 19.4 Å². The molecule has 10 heteroatoms. The van der Waals surface area contributed by atoms with E-state index in [2.05, 4.69) is 25.7 Å². The molecule has 13 atom stereocenters. The van der Waals surface area contributed by atoms with Crippen LogP contribution in [-0.4, -0.2) is 110 Å². The van der Waals surface area contributed by atoms with Gasteiger partial charge in [0.15, 0.2) is 12.1 Å². The van der Waals surface area contributed by atoms with Crippen LogP contribution < -0.4 is 0 Å². The third-order valence-corrected chi connectivity index (χ3v) is 12.0. The largest absolute Gasteiger partial charge is 0.458 e. The molecule has 2 bridgehead atoms. The van der Waals surface area contributed by atoms with Crippen molar-refractivity contribution >= 4 is 11.8 Å². The van der Waals surface area contributed by atoms with Crippen LogP contribution in [0.5, 0.6) is 0 Å². The lowest BCUT2D eigenvalue weighted by atomic mass is 9.69. The number of methoxy groups -OCH3 is 1. The summed E-state index contributed by atoms with van der Waals surface area (Å²) in [6.07, 6.45) is -2.03. The van der Waals surface area contributed by atoms with Gasteiger partial charge in [-0.05, 0) is 111 Å². The van der Waals surface area contributed by atoms with Crippen LogP contribution in [0.4, 0.5) is 0 Å². The molecule has 0 aromatic carbocycles. The van der Waals surface area contributed by atoms with E-state index in [4.69, 9.17) is 28.4 Å². The number of Topliss-reactive ketones (excluding diaryl/α,β-unsaturated/α-hetero) is 1. The first-order valence-corrected chi connectivity index (χ1v) is 18.0. The molecule has 3 aliphatic heterocycles. The summed E-state index contributed by atoms with van der Waals surface area (Å²) in [6.45, 7) is 23.7. The Kier molecular flexibility index (Phi) is 13.6. The summed E-state index contributed by atoms with van der Waals surface area (Å²) in [7, 11) is 5.70. The summed E-state index contributed by atoms with van der Waals surface area (Å²) in [4.78, 5) is 30.8. The van der Waals surface area contributed by atoms with E-state index in [1.807, 2.05) is 55.6 Å².